The number of benzene rings is 2. The van der Waals surface area contributed by atoms with E-state index in [4.69, 9.17) is 21.1 Å². The first kappa shape index (κ1) is 24.3. The maximum atomic E-state index is 13.4. The summed E-state index contributed by atoms with van der Waals surface area (Å²) in [6, 6.07) is 13.0. The van der Waals surface area contributed by atoms with E-state index in [-0.39, 0.29) is 5.91 Å². The molecule has 1 aromatic heterocycles. The number of hydrogen-bond acceptors (Lipinski definition) is 7. The van der Waals surface area contributed by atoms with Crippen molar-refractivity contribution in [1.82, 2.24) is 15.2 Å². The Morgan fingerprint density at radius 2 is 1.91 bits per heavy atom. The first-order chi connectivity index (χ1) is 16.5. The number of ether oxygens (including phenoxy) is 2. The van der Waals surface area contributed by atoms with Crippen molar-refractivity contribution >= 4 is 35.0 Å². The SMILES string of the molecule is CCCOc1ccc([C@@H]2Oc3nc(SCC)nnc3-c3cc(Cl)ccc3N2C(=O)CCC)cc1. The minimum Gasteiger partial charge on any atom is -0.494 e. The fourth-order valence-corrected chi connectivity index (χ4v) is 4.37. The van der Waals surface area contributed by atoms with E-state index in [1.165, 1.54) is 11.8 Å². The van der Waals surface area contributed by atoms with Gasteiger partial charge in [-0.25, -0.2) is 0 Å². The van der Waals surface area contributed by atoms with Crippen LogP contribution in [0.4, 0.5) is 5.69 Å². The average Bonchev–Trinajstić information content (AvgIpc) is 2.97. The zero-order valence-electron chi connectivity index (χ0n) is 19.5. The van der Waals surface area contributed by atoms with Gasteiger partial charge in [-0.2, -0.15) is 4.98 Å². The van der Waals surface area contributed by atoms with Gasteiger partial charge in [-0.05, 0) is 61.1 Å². The van der Waals surface area contributed by atoms with Crippen LogP contribution < -0.4 is 14.4 Å². The van der Waals surface area contributed by atoms with Crippen LogP contribution in [0.15, 0.2) is 47.6 Å². The van der Waals surface area contributed by atoms with Crippen molar-refractivity contribution in [3.63, 3.8) is 0 Å². The van der Waals surface area contributed by atoms with E-state index < -0.39 is 6.23 Å². The van der Waals surface area contributed by atoms with E-state index in [1.807, 2.05) is 44.2 Å². The summed E-state index contributed by atoms with van der Waals surface area (Å²) in [7, 11) is 0. The van der Waals surface area contributed by atoms with Crippen molar-refractivity contribution in [2.24, 2.45) is 0 Å². The molecule has 0 spiro atoms. The van der Waals surface area contributed by atoms with E-state index >= 15 is 0 Å². The van der Waals surface area contributed by atoms with Gasteiger partial charge in [0.25, 0.3) is 0 Å². The summed E-state index contributed by atoms with van der Waals surface area (Å²) >= 11 is 7.82. The number of anilines is 1. The van der Waals surface area contributed by atoms with Crippen molar-refractivity contribution in [3.8, 4) is 22.9 Å². The molecule has 1 aliphatic heterocycles. The second-order valence-electron chi connectivity index (χ2n) is 7.74. The Morgan fingerprint density at radius 3 is 2.62 bits per heavy atom. The van der Waals surface area contributed by atoms with Gasteiger partial charge in [0.2, 0.25) is 23.2 Å². The summed E-state index contributed by atoms with van der Waals surface area (Å²) in [5, 5.41) is 9.72. The summed E-state index contributed by atoms with van der Waals surface area (Å²) in [5.74, 6) is 1.82. The van der Waals surface area contributed by atoms with Gasteiger partial charge in [0, 0.05) is 22.6 Å². The Labute approximate surface area is 208 Å². The second kappa shape index (κ2) is 11.1. The first-order valence-corrected chi connectivity index (χ1v) is 12.8. The largest absolute Gasteiger partial charge is 0.494 e. The molecule has 0 N–H and O–H groups in total. The molecule has 3 aromatic rings. The maximum absolute atomic E-state index is 13.4. The molecule has 178 valence electrons. The highest BCUT2D eigenvalue weighted by Crippen LogP contribution is 2.44. The van der Waals surface area contributed by atoms with Gasteiger partial charge in [0.1, 0.15) is 5.75 Å². The number of amides is 1. The highest BCUT2D eigenvalue weighted by Gasteiger charge is 2.35. The molecule has 4 rings (SSSR count). The molecule has 0 saturated carbocycles. The van der Waals surface area contributed by atoms with Crippen LogP contribution in [-0.4, -0.2) is 33.4 Å². The molecule has 7 nitrogen and oxygen atoms in total. The van der Waals surface area contributed by atoms with Gasteiger partial charge in [0.15, 0.2) is 5.69 Å². The molecule has 0 unspecified atom stereocenters. The van der Waals surface area contributed by atoms with Crippen LogP contribution in [0.5, 0.6) is 11.6 Å². The Bertz CT molecular complexity index is 1160. The lowest BCUT2D eigenvalue weighted by atomic mass is 10.1. The molecule has 2 aromatic carbocycles. The number of halogens is 1. The quantitative estimate of drug-likeness (QED) is 0.336. The molecule has 9 heteroatoms. The Hall–Kier alpha value is -2.84. The molecule has 1 atom stereocenters. The topological polar surface area (TPSA) is 77.4 Å². The third-order valence-electron chi connectivity index (χ3n) is 5.21. The maximum Gasteiger partial charge on any atom is 0.247 e. The van der Waals surface area contributed by atoms with Crippen LogP contribution in [-0.2, 0) is 4.79 Å². The second-order valence-corrected chi connectivity index (χ2v) is 9.41. The van der Waals surface area contributed by atoms with Gasteiger partial charge in [-0.1, -0.05) is 44.1 Å². The zero-order chi connectivity index (χ0) is 24.1. The number of nitrogens with zero attached hydrogens (tertiary/aromatic N) is 4. The van der Waals surface area contributed by atoms with Crippen molar-refractivity contribution < 1.29 is 14.3 Å². The van der Waals surface area contributed by atoms with Gasteiger partial charge in [0.05, 0.1) is 12.3 Å². The highest BCUT2D eigenvalue weighted by molar-refractivity contribution is 7.99. The summed E-state index contributed by atoms with van der Waals surface area (Å²) in [6.07, 6.45) is 1.26. The van der Waals surface area contributed by atoms with Crippen LogP contribution in [0.25, 0.3) is 11.3 Å². The van der Waals surface area contributed by atoms with E-state index in [0.717, 1.165) is 23.5 Å². The third-order valence-corrected chi connectivity index (χ3v) is 6.17. The number of carbonyl (C=O) groups excluding carboxylic acids is 1. The van der Waals surface area contributed by atoms with Crippen molar-refractivity contribution in [3.05, 3.63) is 53.1 Å². The lowest BCUT2D eigenvalue weighted by Gasteiger charge is -2.31. The predicted molar refractivity (Wildman–Crippen MR) is 135 cm³/mol. The number of rotatable bonds is 8. The highest BCUT2D eigenvalue weighted by atomic mass is 35.5. The molecule has 0 aliphatic carbocycles. The number of thioether (sulfide) groups is 1. The number of carbonyl (C=O) groups is 1. The van der Waals surface area contributed by atoms with Gasteiger partial charge >= 0.3 is 0 Å². The van der Waals surface area contributed by atoms with E-state index in [2.05, 4.69) is 22.1 Å². The minimum atomic E-state index is -0.739. The average molecular weight is 499 g/mol. The van der Waals surface area contributed by atoms with E-state index in [1.54, 1.807) is 17.0 Å². The lowest BCUT2D eigenvalue weighted by molar-refractivity contribution is -0.120. The van der Waals surface area contributed by atoms with E-state index in [0.29, 0.717) is 52.5 Å². The molecule has 34 heavy (non-hydrogen) atoms. The van der Waals surface area contributed by atoms with Crippen LogP contribution >= 0.6 is 23.4 Å². The Morgan fingerprint density at radius 1 is 1.12 bits per heavy atom. The molecule has 0 bridgehead atoms. The summed E-state index contributed by atoms with van der Waals surface area (Å²) in [6.45, 7) is 6.70. The molecule has 0 saturated heterocycles. The fraction of sp³-hybridized carbons (Fsp3) is 0.360. The van der Waals surface area contributed by atoms with E-state index in [9.17, 15) is 4.79 Å². The number of aromatic nitrogens is 3. The van der Waals surface area contributed by atoms with Crippen LogP contribution in [0, 0.1) is 0 Å². The first-order valence-electron chi connectivity index (χ1n) is 11.4. The molecule has 1 aliphatic rings. The summed E-state index contributed by atoms with van der Waals surface area (Å²) in [4.78, 5) is 19.7. The standard InChI is InChI=1S/C25H27ClN4O3S/c1-4-7-21(31)30-20-13-10-17(26)15-19(20)22-23(27-25(29-28-22)34-6-3)33-24(30)16-8-11-18(12-9-16)32-14-5-2/h8-13,15,24H,4-7,14H2,1-3H3/t24-/m0/s1. The van der Waals surface area contributed by atoms with Gasteiger partial charge < -0.3 is 9.47 Å². The zero-order valence-corrected chi connectivity index (χ0v) is 21.0. The molecule has 1 amide bonds. The molecule has 0 radical (unpaired) electrons. The number of fused-ring (bicyclic) bond motifs is 3. The minimum absolute atomic E-state index is 0.0636. The normalized spacial score (nSPS) is 14.6. The Kier molecular flexibility index (Phi) is 7.90. The molecular formula is C25H27ClN4O3S. The van der Waals surface area contributed by atoms with Crippen LogP contribution in [0.1, 0.15) is 51.8 Å². The summed E-state index contributed by atoms with van der Waals surface area (Å²) in [5.41, 5.74) is 2.57. The number of hydrogen-bond donors (Lipinski definition) is 0. The molecule has 2 heterocycles. The van der Waals surface area contributed by atoms with Crippen molar-refractivity contribution in [2.45, 2.75) is 51.4 Å². The van der Waals surface area contributed by atoms with Crippen molar-refractivity contribution in [2.75, 3.05) is 17.3 Å². The van der Waals surface area contributed by atoms with Crippen molar-refractivity contribution in [1.29, 1.82) is 0 Å². The van der Waals surface area contributed by atoms with Gasteiger partial charge in [-0.3, -0.25) is 9.69 Å². The molecular weight excluding hydrogens is 472 g/mol. The van der Waals surface area contributed by atoms with Crippen LogP contribution in [0.2, 0.25) is 5.02 Å². The third kappa shape index (κ3) is 5.13. The molecule has 0 fully saturated rings. The monoisotopic (exact) mass is 498 g/mol. The smallest absolute Gasteiger partial charge is 0.247 e. The fourth-order valence-electron chi connectivity index (χ4n) is 3.70. The lowest BCUT2D eigenvalue weighted by Crippen LogP contribution is -2.37. The Balaban J connectivity index is 1.87. The van der Waals surface area contributed by atoms with Gasteiger partial charge in [-0.15, -0.1) is 10.2 Å². The summed E-state index contributed by atoms with van der Waals surface area (Å²) < 4.78 is 12.2. The predicted octanol–water partition coefficient (Wildman–Crippen LogP) is 6.32. The van der Waals surface area contributed by atoms with Crippen LogP contribution in [0.3, 0.4) is 0 Å².